The molecule has 3 N–H and O–H groups in total. The fraction of sp³-hybridized carbons (Fsp3) is 0.182. The molecule has 0 saturated heterocycles. The van der Waals surface area contributed by atoms with Crippen molar-refractivity contribution in [3.63, 3.8) is 0 Å². The lowest BCUT2D eigenvalue weighted by atomic mass is 10.1. The molecule has 0 amide bonds. The zero-order chi connectivity index (χ0) is 11.5. The molecule has 0 spiro atoms. The molecule has 0 aliphatic carbocycles. The van der Waals surface area contributed by atoms with E-state index in [2.05, 4.69) is 33.3 Å². The summed E-state index contributed by atoms with van der Waals surface area (Å²) in [6.45, 7) is 4.10. The lowest BCUT2D eigenvalue weighted by molar-refractivity contribution is 1.07. The molecule has 0 aliphatic rings. The van der Waals surface area contributed by atoms with Crippen LogP contribution in [-0.2, 0) is 0 Å². The number of aromatic nitrogens is 3. The first-order valence-corrected chi connectivity index (χ1v) is 4.94. The second-order valence-corrected chi connectivity index (χ2v) is 3.54. The fourth-order valence-corrected chi connectivity index (χ4v) is 1.38. The van der Waals surface area contributed by atoms with E-state index < -0.39 is 0 Å². The highest BCUT2D eigenvalue weighted by molar-refractivity contribution is 5.60. The van der Waals surface area contributed by atoms with Crippen molar-refractivity contribution in [1.29, 1.82) is 0 Å². The zero-order valence-corrected chi connectivity index (χ0v) is 9.23. The molecule has 1 heterocycles. The van der Waals surface area contributed by atoms with Gasteiger partial charge < -0.3 is 11.1 Å². The summed E-state index contributed by atoms with van der Waals surface area (Å²) in [7, 11) is 0. The molecule has 0 fully saturated rings. The van der Waals surface area contributed by atoms with Gasteiger partial charge in [0.1, 0.15) is 6.33 Å². The third-order valence-corrected chi connectivity index (χ3v) is 2.44. The minimum absolute atomic E-state index is 0.211. The van der Waals surface area contributed by atoms with Gasteiger partial charge in [0, 0.05) is 5.69 Å². The number of nitrogens with two attached hydrogens (primary N) is 1. The second-order valence-electron chi connectivity index (χ2n) is 3.54. The first-order valence-electron chi connectivity index (χ1n) is 4.94. The molecule has 82 valence electrons. The Morgan fingerprint density at radius 3 is 2.75 bits per heavy atom. The van der Waals surface area contributed by atoms with Crippen LogP contribution in [0.5, 0.6) is 0 Å². The van der Waals surface area contributed by atoms with Crippen molar-refractivity contribution in [2.75, 3.05) is 11.1 Å². The van der Waals surface area contributed by atoms with Crippen LogP contribution in [0.25, 0.3) is 0 Å². The lowest BCUT2D eigenvalue weighted by Gasteiger charge is -2.09. The topological polar surface area (TPSA) is 76.7 Å². The number of rotatable bonds is 2. The first-order chi connectivity index (χ1) is 7.66. The van der Waals surface area contributed by atoms with Gasteiger partial charge in [-0.1, -0.05) is 12.1 Å². The van der Waals surface area contributed by atoms with Gasteiger partial charge >= 0.3 is 0 Å². The van der Waals surface area contributed by atoms with E-state index >= 15 is 0 Å². The van der Waals surface area contributed by atoms with E-state index in [4.69, 9.17) is 5.73 Å². The minimum atomic E-state index is 0.211. The molecule has 0 unspecified atom stereocenters. The number of nitrogens with zero attached hydrogens (tertiary/aromatic N) is 3. The van der Waals surface area contributed by atoms with E-state index in [1.165, 1.54) is 17.5 Å². The Morgan fingerprint density at radius 1 is 1.19 bits per heavy atom. The van der Waals surface area contributed by atoms with Gasteiger partial charge in [0.25, 0.3) is 0 Å². The molecule has 1 aromatic heterocycles. The van der Waals surface area contributed by atoms with Crippen LogP contribution in [0, 0.1) is 13.8 Å². The second kappa shape index (κ2) is 4.14. The molecule has 0 saturated carbocycles. The molecule has 5 heteroatoms. The Balaban J connectivity index is 2.31. The third-order valence-electron chi connectivity index (χ3n) is 2.44. The van der Waals surface area contributed by atoms with Gasteiger partial charge in [-0.25, -0.2) is 9.97 Å². The van der Waals surface area contributed by atoms with Crippen molar-refractivity contribution in [2.45, 2.75) is 13.8 Å². The van der Waals surface area contributed by atoms with Crippen LogP contribution in [0.15, 0.2) is 24.5 Å². The summed E-state index contributed by atoms with van der Waals surface area (Å²) in [5.74, 6) is 0.670. The molecular formula is C11H13N5. The van der Waals surface area contributed by atoms with E-state index in [1.807, 2.05) is 19.1 Å². The standard InChI is InChI=1S/C11H13N5/c1-7-4-3-5-9(8(7)2)15-11-14-6-13-10(12)16-11/h3-6H,1-2H3,(H3,12,13,14,15,16). The van der Waals surface area contributed by atoms with Crippen LogP contribution in [-0.4, -0.2) is 15.0 Å². The summed E-state index contributed by atoms with van der Waals surface area (Å²) >= 11 is 0. The Kier molecular flexibility index (Phi) is 2.68. The van der Waals surface area contributed by atoms with Gasteiger partial charge in [-0.15, -0.1) is 0 Å². The Bertz CT molecular complexity index is 509. The van der Waals surface area contributed by atoms with E-state index in [9.17, 15) is 0 Å². The smallest absolute Gasteiger partial charge is 0.231 e. The van der Waals surface area contributed by atoms with Gasteiger partial charge in [0.15, 0.2) is 0 Å². The number of hydrogen-bond acceptors (Lipinski definition) is 5. The highest BCUT2D eigenvalue weighted by atomic mass is 15.2. The molecule has 1 aromatic carbocycles. The van der Waals surface area contributed by atoms with E-state index in [0.29, 0.717) is 5.95 Å². The SMILES string of the molecule is Cc1cccc(Nc2ncnc(N)n2)c1C. The number of nitrogens with one attached hydrogen (secondary N) is 1. The summed E-state index contributed by atoms with van der Waals surface area (Å²) in [5, 5.41) is 3.11. The molecule has 0 aliphatic heterocycles. The van der Waals surface area contributed by atoms with Crippen LogP contribution < -0.4 is 11.1 Å². The highest BCUT2D eigenvalue weighted by Crippen LogP contribution is 2.20. The maximum absolute atomic E-state index is 5.48. The van der Waals surface area contributed by atoms with Gasteiger partial charge in [-0.05, 0) is 31.0 Å². The molecule has 0 radical (unpaired) electrons. The number of hydrogen-bond donors (Lipinski definition) is 2. The van der Waals surface area contributed by atoms with E-state index in [0.717, 1.165) is 5.69 Å². The Hall–Kier alpha value is -2.17. The Labute approximate surface area is 93.8 Å². The van der Waals surface area contributed by atoms with Crippen LogP contribution in [0.1, 0.15) is 11.1 Å². The summed E-state index contributed by atoms with van der Waals surface area (Å²) in [5.41, 5.74) is 8.84. The normalized spacial score (nSPS) is 10.1. The van der Waals surface area contributed by atoms with E-state index in [-0.39, 0.29) is 5.95 Å². The van der Waals surface area contributed by atoms with Crippen molar-refractivity contribution >= 4 is 17.6 Å². The number of aryl methyl sites for hydroxylation is 1. The van der Waals surface area contributed by atoms with Crippen molar-refractivity contribution in [2.24, 2.45) is 0 Å². The van der Waals surface area contributed by atoms with Crippen LogP contribution in [0.3, 0.4) is 0 Å². The average molecular weight is 215 g/mol. The van der Waals surface area contributed by atoms with E-state index in [1.54, 1.807) is 0 Å². The molecule has 2 aromatic rings. The summed E-state index contributed by atoms with van der Waals surface area (Å²) in [4.78, 5) is 11.7. The van der Waals surface area contributed by atoms with Crippen LogP contribution in [0.4, 0.5) is 17.6 Å². The maximum Gasteiger partial charge on any atom is 0.231 e. The molecule has 5 nitrogen and oxygen atoms in total. The number of benzene rings is 1. The summed E-state index contributed by atoms with van der Waals surface area (Å²) in [6.07, 6.45) is 1.38. The van der Waals surface area contributed by atoms with Crippen molar-refractivity contribution in [1.82, 2.24) is 15.0 Å². The predicted molar refractivity (Wildman–Crippen MR) is 63.4 cm³/mol. The molecular weight excluding hydrogens is 202 g/mol. The molecule has 16 heavy (non-hydrogen) atoms. The molecule has 0 atom stereocenters. The summed E-state index contributed by atoms with van der Waals surface area (Å²) < 4.78 is 0. The van der Waals surface area contributed by atoms with Crippen LogP contribution >= 0.6 is 0 Å². The van der Waals surface area contributed by atoms with Gasteiger partial charge in [-0.3, -0.25) is 0 Å². The molecule has 2 rings (SSSR count). The quantitative estimate of drug-likeness (QED) is 0.799. The molecule has 0 bridgehead atoms. The highest BCUT2D eigenvalue weighted by Gasteiger charge is 2.03. The minimum Gasteiger partial charge on any atom is -0.368 e. The maximum atomic E-state index is 5.48. The van der Waals surface area contributed by atoms with Gasteiger partial charge in [0.2, 0.25) is 11.9 Å². The monoisotopic (exact) mass is 215 g/mol. The fourth-order valence-electron chi connectivity index (χ4n) is 1.38. The first kappa shape index (κ1) is 10.4. The number of anilines is 3. The summed E-state index contributed by atoms with van der Waals surface area (Å²) in [6, 6.07) is 6.01. The van der Waals surface area contributed by atoms with Gasteiger partial charge in [-0.2, -0.15) is 4.98 Å². The van der Waals surface area contributed by atoms with Gasteiger partial charge in [0.05, 0.1) is 0 Å². The average Bonchev–Trinajstić information content (AvgIpc) is 2.25. The predicted octanol–water partition coefficient (Wildman–Crippen LogP) is 1.81. The third kappa shape index (κ3) is 2.08. The van der Waals surface area contributed by atoms with Crippen LogP contribution in [0.2, 0.25) is 0 Å². The Morgan fingerprint density at radius 2 is 2.00 bits per heavy atom. The lowest BCUT2D eigenvalue weighted by Crippen LogP contribution is -2.03. The van der Waals surface area contributed by atoms with Crippen molar-refractivity contribution in [3.8, 4) is 0 Å². The number of nitrogen functional groups attached to an aromatic ring is 1. The van der Waals surface area contributed by atoms with Crippen molar-refractivity contribution in [3.05, 3.63) is 35.7 Å². The zero-order valence-electron chi connectivity index (χ0n) is 9.23. The van der Waals surface area contributed by atoms with Crippen molar-refractivity contribution < 1.29 is 0 Å². The largest absolute Gasteiger partial charge is 0.368 e.